The van der Waals surface area contributed by atoms with Crippen molar-refractivity contribution in [2.24, 2.45) is 0 Å². The van der Waals surface area contributed by atoms with Gasteiger partial charge in [0.2, 0.25) is 0 Å². The van der Waals surface area contributed by atoms with E-state index in [1.165, 1.54) is 23.6 Å². The summed E-state index contributed by atoms with van der Waals surface area (Å²) in [5.74, 6) is -0.940. The monoisotopic (exact) mass is 192 g/mol. The summed E-state index contributed by atoms with van der Waals surface area (Å²) in [6.45, 7) is 0. The van der Waals surface area contributed by atoms with Crippen molar-refractivity contribution in [1.29, 1.82) is 0 Å². The second-order valence-electron chi connectivity index (χ2n) is 2.68. The Labute approximate surface area is 80.1 Å². The smallest absolute Gasteiger partial charge is 0.335 e. The highest BCUT2D eigenvalue weighted by atomic mass is 16.7. The molecule has 0 fully saturated rings. The zero-order valence-corrected chi connectivity index (χ0v) is 7.18. The second kappa shape index (κ2) is 3.29. The summed E-state index contributed by atoms with van der Waals surface area (Å²) in [5, 5.41) is 10.1. The Balaban J connectivity index is 2.17. The fourth-order valence-corrected chi connectivity index (χ4v) is 1.09. The number of carboxylic acids is 1. The summed E-state index contributed by atoms with van der Waals surface area (Å²) < 4.78 is 0. The van der Waals surface area contributed by atoms with Gasteiger partial charge in [0.05, 0.1) is 17.5 Å². The van der Waals surface area contributed by atoms with Crippen LogP contribution in [0.15, 0.2) is 36.7 Å². The van der Waals surface area contributed by atoms with E-state index in [0.29, 0.717) is 0 Å². The van der Waals surface area contributed by atoms with Gasteiger partial charge >= 0.3 is 5.97 Å². The first-order valence-corrected chi connectivity index (χ1v) is 3.99. The Morgan fingerprint density at radius 2 is 2.07 bits per heavy atom. The van der Waals surface area contributed by atoms with E-state index in [2.05, 4.69) is 5.43 Å². The van der Waals surface area contributed by atoms with Gasteiger partial charge in [0.25, 0.3) is 0 Å². The van der Waals surface area contributed by atoms with E-state index in [9.17, 15) is 4.79 Å². The molecule has 14 heavy (non-hydrogen) atoms. The molecule has 1 aromatic carbocycles. The summed E-state index contributed by atoms with van der Waals surface area (Å²) in [4.78, 5) is 15.6. The highest BCUT2D eigenvalue weighted by Gasteiger charge is 2.09. The fourth-order valence-electron chi connectivity index (χ4n) is 1.09. The van der Waals surface area contributed by atoms with Crippen LogP contribution in [-0.4, -0.2) is 11.1 Å². The van der Waals surface area contributed by atoms with Gasteiger partial charge in [0.1, 0.15) is 6.26 Å². The molecule has 0 amide bonds. The van der Waals surface area contributed by atoms with Crippen LogP contribution in [0, 0.1) is 0 Å². The molecule has 0 spiro atoms. The van der Waals surface area contributed by atoms with Gasteiger partial charge in [-0.25, -0.2) is 4.79 Å². The maximum atomic E-state index is 10.6. The van der Waals surface area contributed by atoms with Gasteiger partial charge in [0.15, 0.2) is 0 Å². The van der Waals surface area contributed by atoms with E-state index < -0.39 is 5.97 Å². The van der Waals surface area contributed by atoms with Crippen LogP contribution in [0.25, 0.3) is 0 Å². The molecular weight excluding hydrogens is 184 g/mol. The van der Waals surface area contributed by atoms with Crippen LogP contribution < -0.4 is 10.6 Å². The van der Waals surface area contributed by atoms with E-state index in [0.717, 1.165) is 5.69 Å². The van der Waals surface area contributed by atoms with Crippen molar-refractivity contribution in [3.63, 3.8) is 0 Å². The summed E-state index contributed by atoms with van der Waals surface area (Å²) in [6, 6.07) is 6.34. The van der Waals surface area contributed by atoms with Crippen LogP contribution in [0.1, 0.15) is 10.4 Å². The number of rotatable bonds is 2. The predicted molar refractivity (Wildman–Crippen MR) is 49.2 cm³/mol. The first-order valence-electron chi connectivity index (χ1n) is 3.99. The van der Waals surface area contributed by atoms with Gasteiger partial charge < -0.3 is 9.94 Å². The summed E-state index contributed by atoms with van der Waals surface area (Å²) in [5.41, 5.74) is 3.79. The molecule has 5 heteroatoms. The number of aromatic carboxylic acids is 1. The fraction of sp³-hybridized carbons (Fsp3) is 0. The van der Waals surface area contributed by atoms with Gasteiger partial charge in [-0.15, -0.1) is 5.17 Å². The van der Waals surface area contributed by atoms with Crippen LogP contribution in [0.2, 0.25) is 0 Å². The van der Waals surface area contributed by atoms with Gasteiger partial charge in [-0.05, 0) is 24.3 Å². The Hall–Kier alpha value is -2.17. The number of benzene rings is 1. The van der Waals surface area contributed by atoms with Crippen molar-refractivity contribution in [3.05, 3.63) is 42.3 Å². The molecule has 0 saturated carbocycles. The van der Waals surface area contributed by atoms with Gasteiger partial charge in [-0.2, -0.15) is 0 Å². The minimum absolute atomic E-state index is 0.251. The lowest BCUT2D eigenvalue weighted by Crippen LogP contribution is -2.27. The Kier molecular flexibility index (Phi) is 1.98. The molecule has 1 aliphatic heterocycles. The number of hydrogen-bond acceptors (Lipinski definition) is 4. The number of nitrogens with one attached hydrogen (secondary N) is 1. The quantitative estimate of drug-likeness (QED) is 0.735. The topological polar surface area (TPSA) is 61.8 Å². The third-order valence-electron chi connectivity index (χ3n) is 1.77. The molecule has 72 valence electrons. The van der Waals surface area contributed by atoms with E-state index in [1.807, 2.05) is 0 Å². The van der Waals surface area contributed by atoms with Crippen LogP contribution in [0.5, 0.6) is 0 Å². The van der Waals surface area contributed by atoms with E-state index in [4.69, 9.17) is 9.94 Å². The predicted octanol–water partition coefficient (Wildman–Crippen LogP) is 1.11. The van der Waals surface area contributed by atoms with Crippen LogP contribution >= 0.6 is 0 Å². The van der Waals surface area contributed by atoms with E-state index in [1.54, 1.807) is 18.3 Å². The maximum Gasteiger partial charge on any atom is 0.335 e. The zero-order chi connectivity index (χ0) is 9.97. The standard InChI is InChI=1S/C9H8N2O3/c12-9(13)7-1-3-8(4-2-7)11-10-5-6-14-11/h1-6,10H,(H,12,13). The number of anilines is 1. The average molecular weight is 192 g/mol. The molecule has 0 atom stereocenters. The molecule has 1 aromatic rings. The summed E-state index contributed by atoms with van der Waals surface area (Å²) in [6.07, 6.45) is 3.12. The third-order valence-corrected chi connectivity index (χ3v) is 1.77. The molecule has 0 radical (unpaired) electrons. The van der Waals surface area contributed by atoms with Crippen molar-refractivity contribution in [2.75, 3.05) is 5.17 Å². The minimum atomic E-state index is -0.940. The lowest BCUT2D eigenvalue weighted by molar-refractivity contribution is 0.0697. The van der Waals surface area contributed by atoms with Gasteiger partial charge in [-0.3, -0.25) is 5.43 Å². The number of hydrogen-bond donors (Lipinski definition) is 2. The largest absolute Gasteiger partial charge is 0.478 e. The van der Waals surface area contributed by atoms with E-state index in [-0.39, 0.29) is 5.56 Å². The van der Waals surface area contributed by atoms with E-state index >= 15 is 0 Å². The van der Waals surface area contributed by atoms with Gasteiger partial charge in [-0.1, -0.05) is 0 Å². The Bertz CT molecular complexity index is 364. The molecule has 1 heterocycles. The lowest BCUT2D eigenvalue weighted by Gasteiger charge is -2.15. The van der Waals surface area contributed by atoms with Crippen LogP contribution in [-0.2, 0) is 4.84 Å². The summed E-state index contributed by atoms with van der Waals surface area (Å²) in [7, 11) is 0. The molecule has 0 unspecified atom stereocenters. The van der Waals surface area contributed by atoms with Crippen molar-refractivity contribution >= 4 is 11.7 Å². The summed E-state index contributed by atoms with van der Waals surface area (Å²) >= 11 is 0. The molecule has 2 N–H and O–H groups in total. The van der Waals surface area contributed by atoms with Crippen molar-refractivity contribution in [2.45, 2.75) is 0 Å². The number of carboxylic acid groups (broad SMARTS) is 1. The average Bonchev–Trinajstić information content (AvgIpc) is 2.71. The molecule has 0 aliphatic carbocycles. The molecule has 0 saturated heterocycles. The maximum absolute atomic E-state index is 10.6. The Morgan fingerprint density at radius 3 is 2.57 bits per heavy atom. The zero-order valence-electron chi connectivity index (χ0n) is 7.18. The molecule has 0 bridgehead atoms. The SMILES string of the molecule is O=C(O)c1ccc(N2NC=CO2)cc1. The highest BCUT2D eigenvalue weighted by molar-refractivity contribution is 5.87. The normalized spacial score (nSPS) is 13.6. The molecule has 5 nitrogen and oxygen atoms in total. The Morgan fingerprint density at radius 1 is 1.36 bits per heavy atom. The molecule has 0 aromatic heterocycles. The first-order chi connectivity index (χ1) is 6.77. The first kappa shape index (κ1) is 8.43. The highest BCUT2D eigenvalue weighted by Crippen LogP contribution is 2.15. The third kappa shape index (κ3) is 1.47. The van der Waals surface area contributed by atoms with Crippen molar-refractivity contribution < 1.29 is 14.7 Å². The van der Waals surface area contributed by atoms with Crippen molar-refractivity contribution in [3.8, 4) is 0 Å². The minimum Gasteiger partial charge on any atom is -0.478 e. The number of nitrogens with zero attached hydrogens (tertiary/aromatic N) is 1. The van der Waals surface area contributed by atoms with Gasteiger partial charge in [0, 0.05) is 0 Å². The van der Waals surface area contributed by atoms with Crippen LogP contribution in [0.3, 0.4) is 0 Å². The molecular formula is C9H8N2O3. The second-order valence-corrected chi connectivity index (χ2v) is 2.68. The lowest BCUT2D eigenvalue weighted by atomic mass is 10.2. The number of carbonyl (C=O) groups is 1. The van der Waals surface area contributed by atoms with Crippen molar-refractivity contribution in [1.82, 2.24) is 5.43 Å². The molecule has 2 rings (SSSR count). The number of hydrazine groups is 1. The molecule has 1 aliphatic rings. The van der Waals surface area contributed by atoms with Crippen LogP contribution in [0.4, 0.5) is 5.69 Å².